The highest BCUT2D eigenvalue weighted by Gasteiger charge is 2.52. The van der Waals surface area contributed by atoms with Crippen molar-refractivity contribution < 1.29 is 70.1 Å². The number of nitrogens with zero attached hydrogens (tertiary/aromatic N) is 6. The molecule has 2 aromatic heterocycles. The number of carbonyl (C=O) groups excluding carboxylic acids is 4. The lowest BCUT2D eigenvalue weighted by atomic mass is 9.53. The Hall–Kier alpha value is -7.56. The second-order valence-corrected chi connectivity index (χ2v) is 20.2. The van der Waals surface area contributed by atoms with Gasteiger partial charge in [-0.2, -0.15) is 18.2 Å². The molecule has 18 nitrogen and oxygen atoms in total. The summed E-state index contributed by atoms with van der Waals surface area (Å²) >= 11 is 0. The fourth-order valence-corrected chi connectivity index (χ4v) is 10.8. The number of carboxylic acids is 1. The molecule has 3 saturated carbocycles. The first-order chi connectivity index (χ1) is 36.4. The lowest BCUT2D eigenvalue weighted by Crippen LogP contribution is -2.52. The minimum absolute atomic E-state index is 0.129. The van der Waals surface area contributed by atoms with E-state index in [1.54, 1.807) is 24.3 Å². The van der Waals surface area contributed by atoms with E-state index in [9.17, 15) is 46.2 Å². The van der Waals surface area contributed by atoms with E-state index in [1.165, 1.54) is 10.5 Å². The molecule has 23 heteroatoms. The summed E-state index contributed by atoms with van der Waals surface area (Å²) < 4.78 is 77.3. The normalized spacial score (nSPS) is 21.6. The van der Waals surface area contributed by atoms with Gasteiger partial charge in [0.25, 0.3) is 11.8 Å². The van der Waals surface area contributed by atoms with Crippen molar-refractivity contribution in [2.45, 2.75) is 114 Å². The molecule has 5 heterocycles. The topological polar surface area (TPSA) is 240 Å². The van der Waals surface area contributed by atoms with E-state index in [0.717, 1.165) is 107 Å². The van der Waals surface area contributed by atoms with Crippen LogP contribution in [-0.4, -0.2) is 108 Å². The Labute approximate surface area is 432 Å². The average Bonchev–Trinajstić information content (AvgIpc) is 4.06. The molecule has 2 saturated heterocycles. The Balaban J connectivity index is 0.000000943. The number of nitrogens with one attached hydrogen (secondary N) is 2. The number of fused-ring (bicyclic) bond motifs is 4. The number of aromatic hydroxyl groups is 1. The molecular formula is C53H55F5N8O10. The molecule has 2 bridgehead atoms. The summed E-state index contributed by atoms with van der Waals surface area (Å²) in [6, 6.07) is 18.4. The zero-order chi connectivity index (χ0) is 53.8. The number of hydrogen-bond acceptors (Lipinski definition) is 14. The maximum Gasteiger partial charge on any atom is 0.490 e. The van der Waals surface area contributed by atoms with Gasteiger partial charge in [-0.1, -0.05) is 35.5 Å². The predicted octanol–water partition coefficient (Wildman–Crippen LogP) is 7.58. The van der Waals surface area contributed by atoms with Gasteiger partial charge in [0.2, 0.25) is 29.4 Å². The maximum atomic E-state index is 13.8. The summed E-state index contributed by atoms with van der Waals surface area (Å²) in [5.41, 5.74) is 3.48. The highest BCUT2D eigenvalue weighted by molar-refractivity contribution is 6.05. The van der Waals surface area contributed by atoms with E-state index >= 15 is 0 Å². The molecule has 11 rings (SSSR count). The van der Waals surface area contributed by atoms with Gasteiger partial charge in [0.15, 0.2) is 17.4 Å². The number of ether oxygens (including phenoxy) is 2. The van der Waals surface area contributed by atoms with Gasteiger partial charge < -0.3 is 34.4 Å². The molecule has 6 aliphatic rings. The third kappa shape index (κ3) is 12.1. The first-order valence-corrected chi connectivity index (χ1v) is 25.1. The number of rotatable bonds is 16. The highest BCUT2D eigenvalue weighted by atomic mass is 19.4. The van der Waals surface area contributed by atoms with Crippen molar-refractivity contribution in [2.75, 3.05) is 26.2 Å². The van der Waals surface area contributed by atoms with Crippen molar-refractivity contribution in [3.63, 3.8) is 0 Å². The smallest absolute Gasteiger partial charge is 0.490 e. The van der Waals surface area contributed by atoms with Gasteiger partial charge in [0.05, 0.1) is 13.2 Å². The number of halogens is 5. The average molecular weight is 1060 g/mol. The number of hydrogen-bond donors (Lipinski definition) is 4. The van der Waals surface area contributed by atoms with Gasteiger partial charge >= 0.3 is 12.1 Å². The van der Waals surface area contributed by atoms with Gasteiger partial charge in [-0.25, -0.2) is 13.6 Å². The van der Waals surface area contributed by atoms with Crippen LogP contribution in [0.3, 0.4) is 0 Å². The first-order valence-electron chi connectivity index (χ1n) is 25.1. The molecule has 3 aliphatic heterocycles. The third-order valence-electron chi connectivity index (χ3n) is 15.4. The molecule has 3 aromatic carbocycles. The number of aliphatic carboxylic acids is 1. The zero-order valence-corrected chi connectivity index (χ0v) is 41.2. The molecule has 0 radical (unpaired) electrons. The molecule has 0 spiro atoms. The van der Waals surface area contributed by atoms with Crippen LogP contribution in [0.2, 0.25) is 0 Å². The van der Waals surface area contributed by atoms with Gasteiger partial charge in [0, 0.05) is 47.7 Å². The molecule has 4 N–H and O–H groups in total. The first kappa shape index (κ1) is 53.3. The number of phenols is 1. The van der Waals surface area contributed by atoms with Gasteiger partial charge in [-0.3, -0.25) is 29.4 Å². The molecule has 402 valence electrons. The van der Waals surface area contributed by atoms with Crippen molar-refractivity contribution in [2.24, 2.45) is 11.3 Å². The Kier molecular flexibility index (Phi) is 15.7. The number of phenolic OH excluding ortho intramolecular Hbond substituents is 1. The van der Waals surface area contributed by atoms with Crippen LogP contribution < -0.4 is 20.1 Å². The largest absolute Gasteiger partial charge is 0.503 e. The number of likely N-dealkylation sites (tertiary alicyclic amines) is 1. The number of amides is 4. The Bertz CT molecular complexity index is 2920. The molecule has 5 aromatic rings. The summed E-state index contributed by atoms with van der Waals surface area (Å²) in [7, 11) is 0. The number of piperidine rings is 2. The fraction of sp³-hybridized carbons (Fsp3) is 0.453. The lowest BCUT2D eigenvalue weighted by molar-refractivity contribution is -0.192. The van der Waals surface area contributed by atoms with E-state index in [-0.39, 0.29) is 41.2 Å². The highest BCUT2D eigenvalue weighted by Crippen LogP contribution is 2.57. The second-order valence-electron chi connectivity index (χ2n) is 20.2. The molecule has 4 amide bonds. The number of benzene rings is 3. The van der Waals surface area contributed by atoms with Crippen LogP contribution in [0.25, 0.3) is 11.5 Å². The van der Waals surface area contributed by atoms with E-state index in [0.29, 0.717) is 66.7 Å². The molecular weight excluding hydrogens is 1000 g/mol. The van der Waals surface area contributed by atoms with E-state index in [4.69, 9.17) is 28.9 Å². The van der Waals surface area contributed by atoms with Gasteiger partial charge in [-0.15, -0.1) is 10.2 Å². The maximum absolute atomic E-state index is 13.8. The predicted molar refractivity (Wildman–Crippen MR) is 257 cm³/mol. The molecule has 76 heavy (non-hydrogen) atoms. The minimum atomic E-state index is -5.08. The van der Waals surface area contributed by atoms with Crippen LogP contribution >= 0.6 is 0 Å². The van der Waals surface area contributed by atoms with Crippen LogP contribution in [-0.2, 0) is 39.5 Å². The van der Waals surface area contributed by atoms with Crippen molar-refractivity contribution in [1.82, 2.24) is 40.8 Å². The van der Waals surface area contributed by atoms with Crippen LogP contribution in [0, 0.1) is 23.0 Å². The van der Waals surface area contributed by atoms with Crippen molar-refractivity contribution in [3.05, 3.63) is 112 Å². The number of carboxylic acid groups (broad SMARTS) is 1. The SMILES string of the molecule is O=C(O)C(F)(F)F.O=C1CC[C@@H](N2Cc3c(OCc4ccc(CN5CCC(CCCOc6ccc(-c7noc(C89CCC(CNC(=O)c%10cc(F)c(O)c(F)c%10)(CC8)CC9)n7)nn6)CC5)cc4)cccc3C2=O)C(=O)N1. The van der Waals surface area contributed by atoms with Crippen molar-refractivity contribution >= 4 is 29.6 Å². The summed E-state index contributed by atoms with van der Waals surface area (Å²) in [5.74, 6) is -5.12. The van der Waals surface area contributed by atoms with Gasteiger partial charge in [-0.05, 0) is 137 Å². The Morgan fingerprint density at radius 3 is 2.21 bits per heavy atom. The lowest BCUT2D eigenvalue weighted by Gasteiger charge is -2.51. The number of aromatic nitrogens is 4. The second kappa shape index (κ2) is 22.3. The summed E-state index contributed by atoms with van der Waals surface area (Å²) in [5, 5.41) is 34.5. The van der Waals surface area contributed by atoms with E-state index in [1.807, 2.05) is 6.07 Å². The van der Waals surface area contributed by atoms with Gasteiger partial charge in [0.1, 0.15) is 24.1 Å². The zero-order valence-electron chi connectivity index (χ0n) is 41.2. The summed E-state index contributed by atoms with van der Waals surface area (Å²) in [4.78, 5) is 67.7. The quantitative estimate of drug-likeness (QED) is 0.0423. The Morgan fingerprint density at radius 2 is 1.57 bits per heavy atom. The molecule has 1 atom stereocenters. The van der Waals surface area contributed by atoms with Crippen LogP contribution in [0.1, 0.15) is 120 Å². The van der Waals surface area contributed by atoms with Crippen molar-refractivity contribution in [3.8, 4) is 28.9 Å². The van der Waals surface area contributed by atoms with Crippen LogP contribution in [0.5, 0.6) is 17.4 Å². The molecule has 5 fully saturated rings. The fourth-order valence-electron chi connectivity index (χ4n) is 10.8. The van der Waals surface area contributed by atoms with E-state index in [2.05, 4.69) is 55.2 Å². The van der Waals surface area contributed by atoms with Crippen LogP contribution in [0.15, 0.2) is 71.3 Å². The minimum Gasteiger partial charge on any atom is -0.503 e. The number of carbonyl (C=O) groups is 5. The number of imide groups is 1. The van der Waals surface area contributed by atoms with E-state index < -0.39 is 47.4 Å². The molecule has 0 unspecified atom stereocenters. The molecule has 3 aliphatic carbocycles. The van der Waals surface area contributed by atoms with Crippen molar-refractivity contribution in [1.29, 1.82) is 0 Å². The summed E-state index contributed by atoms with van der Waals surface area (Å²) in [6.07, 6.45) is 4.60. The number of alkyl halides is 3. The monoisotopic (exact) mass is 1060 g/mol. The summed E-state index contributed by atoms with van der Waals surface area (Å²) in [6.45, 7) is 4.49. The van der Waals surface area contributed by atoms with Crippen LogP contribution in [0.4, 0.5) is 22.0 Å². The third-order valence-corrected chi connectivity index (χ3v) is 15.4. The standard InChI is InChI=1S/C51H54F2N8O8.C2HF3O2/c52-37-25-34(26-38(53)44(37)63)46(64)54-30-50-16-19-51(20-17-50,21-18-50)49-56-45(59-69-49)39-10-13-43(58-57-39)67-24-2-3-31-14-22-60(23-15-31)27-32-6-8-33(9-7-32)29-68-41-5-1-4-35-36(41)28-61(48(35)66)40-11-12-42(62)55-47(40)65;3-2(4,5)1(6)7/h1,4-10,13,25-26,31,40,63H,2-3,11-12,14-24,27-30H2,(H,54,64)(H,55,62,65);(H,6,7)/t40-,50?,51?;/m1./s1. The Morgan fingerprint density at radius 1 is 0.882 bits per heavy atom.